The summed E-state index contributed by atoms with van der Waals surface area (Å²) in [6.07, 6.45) is 5.34. The van der Waals surface area contributed by atoms with Crippen LogP contribution in [0.5, 0.6) is 0 Å². The molecule has 6 heteroatoms. The first-order valence-electron chi connectivity index (χ1n) is 4.61. The van der Waals surface area contributed by atoms with Crippen molar-refractivity contribution in [2.24, 2.45) is 7.05 Å². The van der Waals surface area contributed by atoms with E-state index in [4.69, 9.17) is 17.3 Å². The number of hydrogen-bond donors (Lipinski definition) is 1. The highest BCUT2D eigenvalue weighted by Crippen LogP contribution is 2.34. The van der Waals surface area contributed by atoms with Gasteiger partial charge in [-0.3, -0.25) is 4.68 Å². The quantitative estimate of drug-likeness (QED) is 0.837. The Bertz CT molecular complexity index is 524. The number of hydrogen-bond acceptors (Lipinski definition) is 4. The Labute approximate surface area is 103 Å². The van der Waals surface area contributed by atoms with Crippen LogP contribution in [0.3, 0.4) is 0 Å². The maximum Gasteiger partial charge on any atom is 0.124 e. The van der Waals surface area contributed by atoms with E-state index < -0.39 is 0 Å². The monoisotopic (exact) mass is 254 g/mol. The van der Waals surface area contributed by atoms with Crippen LogP contribution in [0.2, 0.25) is 5.02 Å². The fraction of sp³-hybridized carbons (Fsp3) is 0.200. The predicted octanol–water partition coefficient (Wildman–Crippen LogP) is 2.44. The normalized spacial score (nSPS) is 10.7. The molecule has 0 aromatic carbocycles. The van der Waals surface area contributed by atoms with Crippen LogP contribution in [0.1, 0.15) is 0 Å². The van der Waals surface area contributed by atoms with Crippen LogP contribution >= 0.6 is 23.4 Å². The van der Waals surface area contributed by atoms with Gasteiger partial charge in [0, 0.05) is 24.4 Å². The SMILES string of the molecule is CSc1c(-c2cc(N)ncc2Cl)cnn1C. The molecule has 4 nitrogen and oxygen atoms in total. The van der Waals surface area contributed by atoms with E-state index in [1.54, 1.807) is 30.2 Å². The minimum absolute atomic E-state index is 0.454. The zero-order valence-electron chi connectivity index (χ0n) is 8.94. The Morgan fingerprint density at radius 2 is 2.12 bits per heavy atom. The second-order valence-corrected chi connectivity index (χ2v) is 4.48. The first-order chi connectivity index (χ1) is 7.63. The molecule has 0 aliphatic rings. The van der Waals surface area contributed by atoms with Crippen molar-refractivity contribution in [1.29, 1.82) is 0 Å². The molecule has 0 spiro atoms. The molecule has 2 aromatic rings. The summed E-state index contributed by atoms with van der Waals surface area (Å²) in [6.45, 7) is 0. The molecular weight excluding hydrogens is 244 g/mol. The lowest BCUT2D eigenvalue weighted by Crippen LogP contribution is -1.93. The summed E-state index contributed by atoms with van der Waals surface area (Å²) >= 11 is 7.72. The van der Waals surface area contributed by atoms with E-state index in [1.807, 2.05) is 18.0 Å². The van der Waals surface area contributed by atoms with Crippen molar-refractivity contribution in [1.82, 2.24) is 14.8 Å². The Hall–Kier alpha value is -1.20. The van der Waals surface area contributed by atoms with Gasteiger partial charge in [-0.1, -0.05) is 11.6 Å². The van der Waals surface area contributed by atoms with E-state index in [0.29, 0.717) is 10.8 Å². The number of nitrogens with zero attached hydrogens (tertiary/aromatic N) is 3. The molecule has 2 rings (SSSR count). The molecule has 2 heterocycles. The average Bonchev–Trinajstić information content (AvgIpc) is 2.63. The fourth-order valence-electron chi connectivity index (χ4n) is 1.51. The number of nitrogen functional groups attached to an aromatic ring is 1. The van der Waals surface area contributed by atoms with E-state index in [0.717, 1.165) is 16.2 Å². The van der Waals surface area contributed by atoms with Gasteiger partial charge in [0.2, 0.25) is 0 Å². The van der Waals surface area contributed by atoms with Crippen molar-refractivity contribution in [3.63, 3.8) is 0 Å². The predicted molar refractivity (Wildman–Crippen MR) is 67.6 cm³/mol. The number of nitrogens with two attached hydrogens (primary N) is 1. The zero-order valence-corrected chi connectivity index (χ0v) is 10.5. The topological polar surface area (TPSA) is 56.7 Å². The van der Waals surface area contributed by atoms with Crippen LogP contribution in [-0.2, 0) is 7.05 Å². The second kappa shape index (κ2) is 4.35. The molecular formula is C10H11ClN4S. The molecule has 16 heavy (non-hydrogen) atoms. The molecule has 0 saturated carbocycles. The van der Waals surface area contributed by atoms with Crippen molar-refractivity contribution in [2.75, 3.05) is 12.0 Å². The highest BCUT2D eigenvalue weighted by Gasteiger charge is 2.13. The highest BCUT2D eigenvalue weighted by atomic mass is 35.5. The largest absolute Gasteiger partial charge is 0.384 e. The molecule has 0 saturated heterocycles. The summed E-state index contributed by atoms with van der Waals surface area (Å²) in [5.74, 6) is 0.454. The molecule has 2 aromatic heterocycles. The third-order valence-corrected chi connectivity index (χ3v) is 3.42. The van der Waals surface area contributed by atoms with Crippen LogP contribution in [0.15, 0.2) is 23.5 Å². The average molecular weight is 255 g/mol. The Morgan fingerprint density at radius 3 is 2.81 bits per heavy atom. The van der Waals surface area contributed by atoms with Crippen LogP contribution in [0, 0.1) is 0 Å². The smallest absolute Gasteiger partial charge is 0.124 e. The van der Waals surface area contributed by atoms with Crippen LogP contribution in [-0.4, -0.2) is 21.0 Å². The number of pyridine rings is 1. The zero-order chi connectivity index (χ0) is 11.7. The van der Waals surface area contributed by atoms with Gasteiger partial charge in [0.1, 0.15) is 10.8 Å². The number of aryl methyl sites for hydroxylation is 1. The van der Waals surface area contributed by atoms with E-state index in [9.17, 15) is 0 Å². The number of halogens is 1. The molecule has 0 bridgehead atoms. The Kier molecular flexibility index (Phi) is 3.07. The summed E-state index contributed by atoms with van der Waals surface area (Å²) in [5, 5.41) is 5.84. The Morgan fingerprint density at radius 1 is 1.38 bits per heavy atom. The maximum atomic E-state index is 6.10. The first kappa shape index (κ1) is 11.3. The summed E-state index contributed by atoms with van der Waals surface area (Å²) in [7, 11) is 1.90. The van der Waals surface area contributed by atoms with Gasteiger partial charge in [0.15, 0.2) is 0 Å². The van der Waals surface area contributed by atoms with Crippen molar-refractivity contribution < 1.29 is 0 Å². The number of rotatable bonds is 2. The van der Waals surface area contributed by atoms with E-state index in [2.05, 4.69) is 10.1 Å². The lowest BCUT2D eigenvalue weighted by Gasteiger charge is -2.05. The standard InChI is InChI=1S/C10H11ClN4S/c1-15-10(16-2)7(4-14-15)6-3-9(12)13-5-8(6)11/h3-5H,1-2H3,(H2,12,13). The van der Waals surface area contributed by atoms with Crippen LogP contribution in [0.25, 0.3) is 11.1 Å². The van der Waals surface area contributed by atoms with Crippen molar-refractivity contribution in [3.05, 3.63) is 23.5 Å². The minimum atomic E-state index is 0.454. The minimum Gasteiger partial charge on any atom is -0.384 e. The van der Waals surface area contributed by atoms with Gasteiger partial charge in [-0.25, -0.2) is 4.98 Å². The summed E-state index contributed by atoms with van der Waals surface area (Å²) in [5.41, 5.74) is 7.51. The fourth-order valence-corrected chi connectivity index (χ4v) is 2.41. The maximum absolute atomic E-state index is 6.10. The lowest BCUT2D eigenvalue weighted by molar-refractivity contribution is 0.700. The molecule has 0 aliphatic heterocycles. The van der Waals surface area contributed by atoms with Crippen LogP contribution in [0.4, 0.5) is 5.82 Å². The van der Waals surface area contributed by atoms with Crippen LogP contribution < -0.4 is 5.73 Å². The molecule has 84 valence electrons. The van der Waals surface area contributed by atoms with Gasteiger partial charge in [0.05, 0.1) is 11.2 Å². The van der Waals surface area contributed by atoms with Gasteiger partial charge < -0.3 is 5.73 Å². The number of aromatic nitrogens is 3. The van der Waals surface area contributed by atoms with Gasteiger partial charge in [-0.2, -0.15) is 5.10 Å². The lowest BCUT2D eigenvalue weighted by atomic mass is 10.1. The molecule has 0 radical (unpaired) electrons. The van der Waals surface area contributed by atoms with E-state index in [1.165, 1.54) is 0 Å². The summed E-state index contributed by atoms with van der Waals surface area (Å²) < 4.78 is 1.81. The molecule has 2 N–H and O–H groups in total. The Balaban J connectivity index is 2.62. The van der Waals surface area contributed by atoms with Gasteiger partial charge in [-0.15, -0.1) is 11.8 Å². The van der Waals surface area contributed by atoms with Crippen molar-refractivity contribution in [3.8, 4) is 11.1 Å². The van der Waals surface area contributed by atoms with Gasteiger partial charge in [0.25, 0.3) is 0 Å². The summed E-state index contributed by atoms with van der Waals surface area (Å²) in [4.78, 5) is 3.94. The number of anilines is 1. The van der Waals surface area contributed by atoms with Gasteiger partial charge in [-0.05, 0) is 12.3 Å². The third-order valence-electron chi connectivity index (χ3n) is 2.24. The first-order valence-corrected chi connectivity index (χ1v) is 6.21. The van der Waals surface area contributed by atoms with Crippen molar-refractivity contribution >= 4 is 29.2 Å². The highest BCUT2D eigenvalue weighted by molar-refractivity contribution is 7.98. The van der Waals surface area contributed by atoms with Gasteiger partial charge >= 0.3 is 0 Å². The van der Waals surface area contributed by atoms with E-state index >= 15 is 0 Å². The summed E-state index contributed by atoms with van der Waals surface area (Å²) in [6, 6.07) is 1.76. The van der Waals surface area contributed by atoms with Crippen molar-refractivity contribution in [2.45, 2.75) is 5.03 Å². The molecule has 0 aliphatic carbocycles. The second-order valence-electron chi connectivity index (χ2n) is 3.28. The molecule has 0 atom stereocenters. The molecule has 0 fully saturated rings. The third kappa shape index (κ3) is 1.88. The molecule has 0 amide bonds. The molecule has 0 unspecified atom stereocenters. The number of thioether (sulfide) groups is 1. The van der Waals surface area contributed by atoms with E-state index in [-0.39, 0.29) is 0 Å².